The average Bonchev–Trinajstić information content (AvgIpc) is 2.98. The number of hydrogen-bond acceptors (Lipinski definition) is 3. The highest BCUT2D eigenvalue weighted by atomic mass is 15.3. The van der Waals surface area contributed by atoms with Gasteiger partial charge in [0.2, 0.25) is 0 Å². The van der Waals surface area contributed by atoms with Crippen molar-refractivity contribution in [1.82, 2.24) is 24.9 Å². The van der Waals surface area contributed by atoms with E-state index in [9.17, 15) is 0 Å². The Morgan fingerprint density at radius 3 is 2.74 bits per heavy atom. The molecule has 104 valence electrons. The monoisotopic (exact) mass is 261 g/mol. The molecule has 0 bridgehead atoms. The fourth-order valence-corrected chi connectivity index (χ4v) is 2.06. The fraction of sp³-hybridized carbons (Fsp3) is 0.571. The average molecular weight is 261 g/mol. The molecule has 5 heteroatoms. The van der Waals surface area contributed by atoms with Gasteiger partial charge in [-0.05, 0) is 26.8 Å². The summed E-state index contributed by atoms with van der Waals surface area (Å²) in [6.45, 7) is 9.97. The molecule has 2 aromatic heterocycles. The lowest BCUT2D eigenvalue weighted by Gasteiger charge is -2.00. The Bertz CT molecular complexity index is 512. The van der Waals surface area contributed by atoms with E-state index in [4.69, 9.17) is 0 Å². The molecule has 0 aromatic carbocycles. The first kappa shape index (κ1) is 13.8. The minimum Gasteiger partial charge on any atom is -0.313 e. The van der Waals surface area contributed by atoms with Gasteiger partial charge in [-0.25, -0.2) is 0 Å². The zero-order valence-electron chi connectivity index (χ0n) is 12.1. The molecule has 0 atom stereocenters. The molecule has 0 spiro atoms. The van der Waals surface area contributed by atoms with Crippen LogP contribution in [0.5, 0.6) is 0 Å². The van der Waals surface area contributed by atoms with Crippen LogP contribution in [-0.2, 0) is 19.6 Å². The van der Waals surface area contributed by atoms with Gasteiger partial charge in [-0.1, -0.05) is 6.92 Å². The maximum absolute atomic E-state index is 4.56. The third-order valence-electron chi connectivity index (χ3n) is 3.15. The molecular weight excluding hydrogens is 238 g/mol. The van der Waals surface area contributed by atoms with Crippen molar-refractivity contribution in [2.24, 2.45) is 0 Å². The molecule has 0 aliphatic rings. The third-order valence-corrected chi connectivity index (χ3v) is 3.15. The fourth-order valence-electron chi connectivity index (χ4n) is 2.06. The molecule has 0 aliphatic heterocycles. The zero-order chi connectivity index (χ0) is 13.7. The summed E-state index contributed by atoms with van der Waals surface area (Å²) in [5.41, 5.74) is 3.57. The van der Waals surface area contributed by atoms with Crippen LogP contribution >= 0.6 is 0 Å². The van der Waals surface area contributed by atoms with E-state index in [0.29, 0.717) is 0 Å². The molecule has 0 saturated heterocycles. The molecule has 0 radical (unpaired) electrons. The van der Waals surface area contributed by atoms with Crippen molar-refractivity contribution in [3.05, 3.63) is 35.4 Å². The number of nitrogens with zero attached hydrogens (tertiary/aromatic N) is 4. The van der Waals surface area contributed by atoms with Crippen LogP contribution in [0, 0.1) is 6.92 Å². The number of rotatable bonds is 7. The second kappa shape index (κ2) is 6.52. The lowest BCUT2D eigenvalue weighted by molar-refractivity contribution is 0.653. The summed E-state index contributed by atoms with van der Waals surface area (Å²) in [7, 11) is 0. The molecule has 0 fully saturated rings. The highest BCUT2D eigenvalue weighted by Crippen LogP contribution is 2.08. The Kier molecular flexibility index (Phi) is 4.74. The van der Waals surface area contributed by atoms with Crippen molar-refractivity contribution in [2.75, 3.05) is 6.54 Å². The summed E-state index contributed by atoms with van der Waals surface area (Å²) in [6.07, 6.45) is 7.27. The van der Waals surface area contributed by atoms with E-state index in [-0.39, 0.29) is 0 Å². The van der Waals surface area contributed by atoms with E-state index in [1.54, 1.807) is 0 Å². The summed E-state index contributed by atoms with van der Waals surface area (Å²) in [5, 5.41) is 12.3. The standard InChI is InChI=1S/C14H23N5/c1-4-6-15-8-14-11-19(17-12(14)3)10-13-7-16-18(5-2)9-13/h7,9,11,15H,4-6,8,10H2,1-3H3. The topological polar surface area (TPSA) is 47.7 Å². The van der Waals surface area contributed by atoms with Crippen LogP contribution in [0.2, 0.25) is 0 Å². The van der Waals surface area contributed by atoms with Crippen LogP contribution in [0.4, 0.5) is 0 Å². The van der Waals surface area contributed by atoms with Gasteiger partial charge < -0.3 is 5.32 Å². The molecule has 1 N–H and O–H groups in total. The van der Waals surface area contributed by atoms with E-state index in [2.05, 4.69) is 48.7 Å². The van der Waals surface area contributed by atoms with Crippen LogP contribution in [0.1, 0.15) is 37.1 Å². The molecule has 19 heavy (non-hydrogen) atoms. The van der Waals surface area contributed by atoms with Gasteiger partial charge in [0.1, 0.15) is 0 Å². The molecule has 2 aromatic rings. The highest BCUT2D eigenvalue weighted by molar-refractivity contribution is 5.16. The first-order valence-corrected chi connectivity index (χ1v) is 6.98. The van der Waals surface area contributed by atoms with E-state index < -0.39 is 0 Å². The van der Waals surface area contributed by atoms with Crippen LogP contribution < -0.4 is 5.32 Å². The smallest absolute Gasteiger partial charge is 0.0690 e. The molecule has 0 unspecified atom stereocenters. The summed E-state index contributed by atoms with van der Waals surface area (Å²) >= 11 is 0. The normalized spacial score (nSPS) is 11.1. The third kappa shape index (κ3) is 3.67. The first-order valence-electron chi connectivity index (χ1n) is 6.98. The van der Waals surface area contributed by atoms with Gasteiger partial charge >= 0.3 is 0 Å². The van der Waals surface area contributed by atoms with Gasteiger partial charge in [-0.2, -0.15) is 10.2 Å². The van der Waals surface area contributed by atoms with E-state index >= 15 is 0 Å². The van der Waals surface area contributed by atoms with Crippen molar-refractivity contribution < 1.29 is 0 Å². The van der Waals surface area contributed by atoms with Crippen molar-refractivity contribution in [3.63, 3.8) is 0 Å². The second-order valence-electron chi connectivity index (χ2n) is 4.82. The van der Waals surface area contributed by atoms with Gasteiger partial charge in [0.15, 0.2) is 0 Å². The Morgan fingerprint density at radius 2 is 2.05 bits per heavy atom. The molecule has 0 saturated carbocycles. The number of aromatic nitrogens is 4. The Balaban J connectivity index is 1.99. The molecule has 2 rings (SSSR count). The second-order valence-corrected chi connectivity index (χ2v) is 4.82. The molecule has 0 amide bonds. The number of nitrogens with one attached hydrogen (secondary N) is 1. The predicted octanol–water partition coefficient (Wildman–Crippen LogP) is 1.96. The highest BCUT2D eigenvalue weighted by Gasteiger charge is 2.06. The van der Waals surface area contributed by atoms with Gasteiger partial charge in [-0.3, -0.25) is 9.36 Å². The predicted molar refractivity (Wildman–Crippen MR) is 76.0 cm³/mol. The molecule has 2 heterocycles. The summed E-state index contributed by atoms with van der Waals surface area (Å²) in [4.78, 5) is 0. The van der Waals surface area contributed by atoms with Crippen LogP contribution in [-0.4, -0.2) is 26.1 Å². The Hall–Kier alpha value is -1.62. The molecule has 0 aliphatic carbocycles. The Morgan fingerprint density at radius 1 is 1.21 bits per heavy atom. The maximum Gasteiger partial charge on any atom is 0.0690 e. The van der Waals surface area contributed by atoms with E-state index in [1.807, 2.05) is 15.6 Å². The quantitative estimate of drug-likeness (QED) is 0.775. The van der Waals surface area contributed by atoms with Crippen molar-refractivity contribution in [3.8, 4) is 0 Å². The first-order chi connectivity index (χ1) is 9.22. The largest absolute Gasteiger partial charge is 0.313 e. The van der Waals surface area contributed by atoms with Crippen molar-refractivity contribution in [2.45, 2.75) is 46.8 Å². The van der Waals surface area contributed by atoms with Gasteiger partial charge in [0.25, 0.3) is 0 Å². The van der Waals surface area contributed by atoms with Crippen LogP contribution in [0.15, 0.2) is 18.6 Å². The van der Waals surface area contributed by atoms with E-state index in [1.165, 1.54) is 11.1 Å². The number of hydrogen-bond donors (Lipinski definition) is 1. The molecular formula is C14H23N5. The minimum absolute atomic E-state index is 0.786. The van der Waals surface area contributed by atoms with Gasteiger partial charge in [0, 0.05) is 36.6 Å². The summed E-state index contributed by atoms with van der Waals surface area (Å²) in [6, 6.07) is 0. The minimum atomic E-state index is 0.786. The maximum atomic E-state index is 4.56. The van der Waals surface area contributed by atoms with Crippen LogP contribution in [0.3, 0.4) is 0 Å². The van der Waals surface area contributed by atoms with Gasteiger partial charge in [0.05, 0.1) is 18.4 Å². The summed E-state index contributed by atoms with van der Waals surface area (Å²) in [5.74, 6) is 0. The van der Waals surface area contributed by atoms with Crippen molar-refractivity contribution >= 4 is 0 Å². The van der Waals surface area contributed by atoms with Crippen molar-refractivity contribution in [1.29, 1.82) is 0 Å². The Labute approximate surface area is 114 Å². The SMILES string of the molecule is CCCNCc1cn(Cc2cnn(CC)c2)nc1C. The lowest BCUT2D eigenvalue weighted by Crippen LogP contribution is -2.13. The number of aryl methyl sites for hydroxylation is 2. The summed E-state index contributed by atoms with van der Waals surface area (Å²) < 4.78 is 3.94. The zero-order valence-corrected chi connectivity index (χ0v) is 12.1. The van der Waals surface area contributed by atoms with Gasteiger partial charge in [-0.15, -0.1) is 0 Å². The lowest BCUT2D eigenvalue weighted by atomic mass is 10.2. The van der Waals surface area contributed by atoms with Crippen LogP contribution in [0.25, 0.3) is 0 Å². The molecule has 5 nitrogen and oxygen atoms in total. The van der Waals surface area contributed by atoms with E-state index in [0.717, 1.165) is 38.3 Å².